The molecular weight excluding hydrogens is 348 g/mol. The summed E-state index contributed by atoms with van der Waals surface area (Å²) in [5.74, 6) is 0.889. The molecule has 0 saturated carbocycles. The number of carbonyl (C=O) groups is 1. The van der Waals surface area contributed by atoms with E-state index < -0.39 is 0 Å². The van der Waals surface area contributed by atoms with Crippen molar-refractivity contribution in [1.29, 1.82) is 0 Å². The maximum absolute atomic E-state index is 12.2. The molecule has 4 rings (SSSR count). The molecule has 1 aliphatic rings. The molecule has 28 heavy (non-hydrogen) atoms. The minimum atomic E-state index is -0.168. The summed E-state index contributed by atoms with van der Waals surface area (Å²) < 4.78 is 0. The summed E-state index contributed by atoms with van der Waals surface area (Å²) in [5, 5.41) is 3.99. The van der Waals surface area contributed by atoms with E-state index in [1.54, 1.807) is 18.5 Å². The van der Waals surface area contributed by atoms with Gasteiger partial charge in [0.1, 0.15) is 5.82 Å². The molecule has 2 aromatic heterocycles. The van der Waals surface area contributed by atoms with Crippen molar-refractivity contribution >= 4 is 34.4 Å². The number of nitrogens with one attached hydrogen (secondary N) is 1. The van der Waals surface area contributed by atoms with Gasteiger partial charge < -0.3 is 10.2 Å². The zero-order valence-corrected chi connectivity index (χ0v) is 16.1. The first kappa shape index (κ1) is 18.2. The topological polar surface area (TPSA) is 58.1 Å². The van der Waals surface area contributed by atoms with Crippen LogP contribution in [0, 0.1) is 6.92 Å². The highest BCUT2D eigenvalue weighted by molar-refractivity contribution is 6.03. The third-order valence-corrected chi connectivity index (χ3v) is 5.06. The van der Waals surface area contributed by atoms with E-state index in [4.69, 9.17) is 4.98 Å². The lowest BCUT2D eigenvalue weighted by molar-refractivity contribution is -0.111. The SMILES string of the molecule is Cc1cc(N2CCCCC2)nc2ccc(NC(=O)C=Cc3cccnc3)cc12. The molecule has 3 heterocycles. The minimum absolute atomic E-state index is 0.168. The third-order valence-electron chi connectivity index (χ3n) is 5.06. The second-order valence-corrected chi connectivity index (χ2v) is 7.19. The van der Waals surface area contributed by atoms with E-state index in [9.17, 15) is 4.79 Å². The number of nitrogens with zero attached hydrogens (tertiary/aromatic N) is 3. The van der Waals surface area contributed by atoms with Crippen molar-refractivity contribution in [3.05, 3.63) is 66.0 Å². The van der Waals surface area contributed by atoms with Gasteiger partial charge >= 0.3 is 0 Å². The van der Waals surface area contributed by atoms with Crippen molar-refractivity contribution in [2.75, 3.05) is 23.3 Å². The second kappa shape index (κ2) is 8.21. The molecule has 0 atom stereocenters. The van der Waals surface area contributed by atoms with Gasteiger partial charge in [0.25, 0.3) is 0 Å². The van der Waals surface area contributed by atoms with Crippen LogP contribution in [0.15, 0.2) is 54.9 Å². The first-order valence-corrected chi connectivity index (χ1v) is 9.74. The van der Waals surface area contributed by atoms with Gasteiger partial charge in [-0.2, -0.15) is 0 Å². The van der Waals surface area contributed by atoms with E-state index in [1.807, 2.05) is 30.3 Å². The normalized spacial score (nSPS) is 14.5. The molecule has 142 valence electrons. The molecule has 5 nitrogen and oxygen atoms in total. The van der Waals surface area contributed by atoms with Gasteiger partial charge in [0.2, 0.25) is 5.91 Å². The Balaban J connectivity index is 1.52. The van der Waals surface area contributed by atoms with Crippen molar-refractivity contribution in [3.8, 4) is 0 Å². The Morgan fingerprint density at radius 1 is 1.14 bits per heavy atom. The number of carbonyl (C=O) groups excluding carboxylic acids is 1. The lowest BCUT2D eigenvalue weighted by Crippen LogP contribution is -2.30. The van der Waals surface area contributed by atoms with Crippen LogP contribution >= 0.6 is 0 Å². The lowest BCUT2D eigenvalue weighted by atomic mass is 10.1. The minimum Gasteiger partial charge on any atom is -0.357 e. The number of aromatic nitrogens is 2. The Morgan fingerprint density at radius 2 is 2.00 bits per heavy atom. The fourth-order valence-electron chi connectivity index (χ4n) is 3.57. The highest BCUT2D eigenvalue weighted by atomic mass is 16.1. The summed E-state index contributed by atoms with van der Waals surface area (Å²) in [6.07, 6.45) is 10.5. The molecule has 1 N–H and O–H groups in total. The Hall–Kier alpha value is -3.21. The average Bonchev–Trinajstić information content (AvgIpc) is 2.74. The molecule has 1 fully saturated rings. The van der Waals surface area contributed by atoms with Gasteiger partial charge in [-0.15, -0.1) is 0 Å². The number of pyridine rings is 2. The van der Waals surface area contributed by atoms with Gasteiger partial charge in [0, 0.05) is 42.6 Å². The summed E-state index contributed by atoms with van der Waals surface area (Å²) in [4.78, 5) is 23.5. The Morgan fingerprint density at radius 3 is 2.79 bits per heavy atom. The maximum Gasteiger partial charge on any atom is 0.248 e. The Labute approximate surface area is 165 Å². The number of benzene rings is 1. The van der Waals surface area contributed by atoms with Gasteiger partial charge in [0.15, 0.2) is 0 Å². The first-order chi connectivity index (χ1) is 13.7. The van der Waals surface area contributed by atoms with Crippen molar-refractivity contribution < 1.29 is 4.79 Å². The van der Waals surface area contributed by atoms with Crippen LogP contribution in [-0.4, -0.2) is 29.0 Å². The van der Waals surface area contributed by atoms with Crippen LogP contribution in [0.4, 0.5) is 11.5 Å². The van der Waals surface area contributed by atoms with Gasteiger partial charge in [-0.1, -0.05) is 6.07 Å². The van der Waals surface area contributed by atoms with Crippen LogP contribution in [0.3, 0.4) is 0 Å². The van der Waals surface area contributed by atoms with Crippen LogP contribution in [-0.2, 0) is 4.79 Å². The number of fused-ring (bicyclic) bond motifs is 1. The summed E-state index contributed by atoms with van der Waals surface area (Å²) >= 11 is 0. The van der Waals surface area contributed by atoms with E-state index in [1.165, 1.54) is 30.9 Å². The smallest absolute Gasteiger partial charge is 0.248 e. The summed E-state index contributed by atoms with van der Waals surface area (Å²) in [6.45, 7) is 4.26. The number of rotatable bonds is 4. The fourth-order valence-corrected chi connectivity index (χ4v) is 3.57. The number of amides is 1. The summed E-state index contributed by atoms with van der Waals surface area (Å²) in [6, 6.07) is 11.8. The van der Waals surface area contributed by atoms with Crippen molar-refractivity contribution in [2.24, 2.45) is 0 Å². The highest BCUT2D eigenvalue weighted by Crippen LogP contribution is 2.26. The van der Waals surface area contributed by atoms with Crippen LogP contribution < -0.4 is 10.2 Å². The average molecular weight is 372 g/mol. The molecule has 0 spiro atoms. The number of hydrogen-bond donors (Lipinski definition) is 1. The summed E-state index contributed by atoms with van der Waals surface area (Å²) in [5.41, 5.74) is 3.79. The van der Waals surface area contributed by atoms with Crippen LogP contribution in [0.25, 0.3) is 17.0 Å². The van der Waals surface area contributed by atoms with Crippen molar-refractivity contribution in [1.82, 2.24) is 9.97 Å². The van der Waals surface area contributed by atoms with E-state index in [-0.39, 0.29) is 5.91 Å². The molecule has 1 saturated heterocycles. The third kappa shape index (κ3) is 4.19. The molecule has 0 aliphatic carbocycles. The van der Waals surface area contributed by atoms with Crippen molar-refractivity contribution in [3.63, 3.8) is 0 Å². The van der Waals surface area contributed by atoms with Crippen LogP contribution in [0.5, 0.6) is 0 Å². The van der Waals surface area contributed by atoms with Crippen LogP contribution in [0.1, 0.15) is 30.4 Å². The Bertz CT molecular complexity index is 1010. The van der Waals surface area contributed by atoms with E-state index in [2.05, 4.69) is 28.2 Å². The van der Waals surface area contributed by atoms with Gasteiger partial charge in [-0.3, -0.25) is 9.78 Å². The molecule has 0 bridgehead atoms. The fraction of sp³-hybridized carbons (Fsp3) is 0.261. The monoisotopic (exact) mass is 372 g/mol. The summed E-state index contributed by atoms with van der Waals surface area (Å²) in [7, 11) is 0. The van der Waals surface area contributed by atoms with Gasteiger partial charge in [-0.05, 0) is 73.7 Å². The molecule has 1 amide bonds. The Kier molecular flexibility index (Phi) is 5.33. The predicted octanol–water partition coefficient (Wildman–Crippen LogP) is 4.58. The quantitative estimate of drug-likeness (QED) is 0.681. The first-order valence-electron chi connectivity index (χ1n) is 9.74. The number of anilines is 2. The van der Waals surface area contributed by atoms with Gasteiger partial charge in [-0.25, -0.2) is 4.98 Å². The van der Waals surface area contributed by atoms with Gasteiger partial charge in [0.05, 0.1) is 5.52 Å². The zero-order valence-electron chi connectivity index (χ0n) is 16.1. The maximum atomic E-state index is 12.2. The largest absolute Gasteiger partial charge is 0.357 e. The predicted molar refractivity (Wildman–Crippen MR) is 114 cm³/mol. The number of aryl methyl sites for hydroxylation is 1. The number of piperidine rings is 1. The molecular formula is C23H24N4O. The lowest BCUT2D eigenvalue weighted by Gasteiger charge is -2.28. The zero-order chi connectivity index (χ0) is 19.3. The highest BCUT2D eigenvalue weighted by Gasteiger charge is 2.14. The molecule has 1 aliphatic heterocycles. The van der Waals surface area contributed by atoms with E-state index in [0.717, 1.165) is 41.1 Å². The van der Waals surface area contributed by atoms with E-state index in [0.29, 0.717) is 0 Å². The molecule has 0 unspecified atom stereocenters. The van der Waals surface area contributed by atoms with Crippen molar-refractivity contribution in [2.45, 2.75) is 26.2 Å². The van der Waals surface area contributed by atoms with E-state index >= 15 is 0 Å². The molecule has 3 aromatic rings. The molecule has 1 aromatic carbocycles. The molecule has 5 heteroatoms. The van der Waals surface area contributed by atoms with Crippen LogP contribution in [0.2, 0.25) is 0 Å². The second-order valence-electron chi connectivity index (χ2n) is 7.19. The molecule has 0 radical (unpaired) electrons. The standard InChI is InChI=1S/C23H24N4O/c1-17-14-22(27-12-3-2-4-13-27)26-21-9-8-19(15-20(17)21)25-23(28)10-7-18-6-5-11-24-16-18/h5-11,14-16H,2-4,12-13H2,1H3,(H,25,28). The number of hydrogen-bond acceptors (Lipinski definition) is 4.